The normalized spacial score (nSPS) is 10.3. The predicted molar refractivity (Wildman–Crippen MR) is 94.5 cm³/mol. The summed E-state index contributed by atoms with van der Waals surface area (Å²) in [6.45, 7) is 0.0274. The van der Waals surface area contributed by atoms with Gasteiger partial charge in [0, 0.05) is 11.6 Å². The molecule has 128 valence electrons. The van der Waals surface area contributed by atoms with Gasteiger partial charge >= 0.3 is 5.97 Å². The van der Waals surface area contributed by atoms with Crippen molar-refractivity contribution in [3.63, 3.8) is 0 Å². The summed E-state index contributed by atoms with van der Waals surface area (Å²) in [7, 11) is 3.00. The maximum atomic E-state index is 11.9. The first kappa shape index (κ1) is 18.4. The molecule has 0 radical (unpaired) electrons. The zero-order chi connectivity index (χ0) is 18.2. The standard InChI is InChI=1S/C19H16ClNO4/c1-23-17-10-13(9-16(20)19(17)24-2)7-8-18(22)25-12-15-6-4-3-5-14(15)11-21/h3-10H,12H2,1-2H3. The van der Waals surface area contributed by atoms with E-state index >= 15 is 0 Å². The molecule has 6 heteroatoms. The highest BCUT2D eigenvalue weighted by Gasteiger charge is 2.10. The summed E-state index contributed by atoms with van der Waals surface area (Å²) < 4.78 is 15.5. The Kier molecular flexibility index (Phi) is 6.44. The number of rotatable bonds is 6. The fourth-order valence-corrected chi connectivity index (χ4v) is 2.45. The minimum absolute atomic E-state index is 0.0274. The first-order valence-electron chi connectivity index (χ1n) is 7.33. The second-order valence-electron chi connectivity index (χ2n) is 4.95. The number of hydrogen-bond acceptors (Lipinski definition) is 5. The SMILES string of the molecule is COc1cc(C=CC(=O)OCc2ccccc2C#N)cc(Cl)c1OC. The number of hydrogen-bond donors (Lipinski definition) is 0. The highest BCUT2D eigenvalue weighted by molar-refractivity contribution is 6.32. The van der Waals surface area contributed by atoms with Crippen LogP contribution in [0.4, 0.5) is 0 Å². The van der Waals surface area contributed by atoms with Crippen LogP contribution in [0, 0.1) is 11.3 Å². The van der Waals surface area contributed by atoms with Crippen LogP contribution in [0.15, 0.2) is 42.5 Å². The molecule has 0 saturated carbocycles. The number of benzene rings is 2. The van der Waals surface area contributed by atoms with Crippen molar-refractivity contribution in [2.45, 2.75) is 6.61 Å². The first-order chi connectivity index (χ1) is 12.1. The summed E-state index contributed by atoms with van der Waals surface area (Å²) in [5, 5.41) is 9.39. The van der Waals surface area contributed by atoms with Gasteiger partial charge in [0.05, 0.1) is 30.9 Å². The van der Waals surface area contributed by atoms with Crippen LogP contribution in [0.5, 0.6) is 11.5 Å². The van der Waals surface area contributed by atoms with Crippen molar-refractivity contribution in [2.75, 3.05) is 14.2 Å². The fourth-order valence-electron chi connectivity index (χ4n) is 2.15. The van der Waals surface area contributed by atoms with E-state index in [4.69, 9.17) is 31.1 Å². The predicted octanol–water partition coefficient (Wildman–Crippen LogP) is 3.99. The second kappa shape index (κ2) is 8.76. The zero-order valence-corrected chi connectivity index (χ0v) is 14.5. The molecule has 0 aromatic heterocycles. The van der Waals surface area contributed by atoms with Gasteiger partial charge in [-0.3, -0.25) is 0 Å². The number of nitriles is 1. The maximum Gasteiger partial charge on any atom is 0.331 e. The summed E-state index contributed by atoms with van der Waals surface area (Å²) in [5.41, 5.74) is 1.80. The van der Waals surface area contributed by atoms with E-state index in [2.05, 4.69) is 6.07 Å². The van der Waals surface area contributed by atoms with E-state index in [-0.39, 0.29) is 6.61 Å². The highest BCUT2D eigenvalue weighted by Crippen LogP contribution is 2.36. The molecule has 2 aromatic carbocycles. The summed E-state index contributed by atoms with van der Waals surface area (Å²) in [4.78, 5) is 11.9. The van der Waals surface area contributed by atoms with Gasteiger partial charge in [0.25, 0.3) is 0 Å². The molecule has 0 aliphatic carbocycles. The number of carbonyl (C=O) groups excluding carboxylic acids is 1. The van der Waals surface area contributed by atoms with Crippen LogP contribution < -0.4 is 9.47 Å². The van der Waals surface area contributed by atoms with E-state index in [1.807, 2.05) is 0 Å². The smallest absolute Gasteiger partial charge is 0.331 e. The molecule has 0 atom stereocenters. The van der Waals surface area contributed by atoms with Gasteiger partial charge in [-0.1, -0.05) is 29.8 Å². The molecule has 0 bridgehead atoms. The average Bonchev–Trinajstić information content (AvgIpc) is 2.64. The molecular weight excluding hydrogens is 342 g/mol. The summed E-state index contributed by atoms with van der Waals surface area (Å²) in [6, 6.07) is 12.4. The van der Waals surface area contributed by atoms with Crippen molar-refractivity contribution >= 4 is 23.6 Å². The van der Waals surface area contributed by atoms with Crippen LogP contribution in [0.3, 0.4) is 0 Å². The van der Waals surface area contributed by atoms with Crippen molar-refractivity contribution in [1.82, 2.24) is 0 Å². The zero-order valence-electron chi connectivity index (χ0n) is 13.8. The van der Waals surface area contributed by atoms with E-state index in [1.165, 1.54) is 20.3 Å². The quantitative estimate of drug-likeness (QED) is 0.577. The van der Waals surface area contributed by atoms with E-state index < -0.39 is 5.97 Å². The Balaban J connectivity index is 2.05. The summed E-state index contributed by atoms with van der Waals surface area (Å²) in [5.74, 6) is 0.363. The lowest BCUT2D eigenvalue weighted by Crippen LogP contribution is -2.02. The monoisotopic (exact) mass is 357 g/mol. The van der Waals surface area contributed by atoms with Crippen molar-refractivity contribution in [3.05, 3.63) is 64.2 Å². The van der Waals surface area contributed by atoms with Crippen LogP contribution in [0.2, 0.25) is 5.02 Å². The highest BCUT2D eigenvalue weighted by atomic mass is 35.5. The van der Waals surface area contributed by atoms with Crippen LogP contribution in [-0.2, 0) is 16.1 Å². The van der Waals surface area contributed by atoms with Crippen molar-refractivity contribution in [1.29, 1.82) is 5.26 Å². The van der Waals surface area contributed by atoms with Crippen LogP contribution >= 0.6 is 11.6 Å². The van der Waals surface area contributed by atoms with Crippen molar-refractivity contribution in [3.8, 4) is 17.6 Å². The number of esters is 1. The van der Waals surface area contributed by atoms with Gasteiger partial charge in [-0.05, 0) is 29.8 Å². The van der Waals surface area contributed by atoms with E-state index in [0.29, 0.717) is 33.2 Å². The Morgan fingerprint density at radius 1 is 1.24 bits per heavy atom. The maximum absolute atomic E-state index is 11.9. The van der Waals surface area contributed by atoms with E-state index in [1.54, 1.807) is 42.5 Å². The third-order valence-corrected chi connectivity index (χ3v) is 3.66. The average molecular weight is 358 g/mol. The molecule has 0 unspecified atom stereocenters. The lowest BCUT2D eigenvalue weighted by atomic mass is 10.1. The van der Waals surface area contributed by atoms with E-state index in [9.17, 15) is 4.79 Å². The Bertz CT molecular complexity index is 840. The lowest BCUT2D eigenvalue weighted by Gasteiger charge is -2.10. The Morgan fingerprint density at radius 2 is 2.00 bits per heavy atom. The Hall–Kier alpha value is -2.97. The van der Waals surface area contributed by atoms with E-state index in [0.717, 1.165) is 0 Å². The first-order valence-corrected chi connectivity index (χ1v) is 7.71. The second-order valence-corrected chi connectivity index (χ2v) is 5.36. The van der Waals surface area contributed by atoms with Crippen molar-refractivity contribution < 1.29 is 19.0 Å². The fraction of sp³-hybridized carbons (Fsp3) is 0.158. The molecule has 0 aliphatic heterocycles. The molecule has 25 heavy (non-hydrogen) atoms. The van der Waals surface area contributed by atoms with Crippen LogP contribution in [-0.4, -0.2) is 20.2 Å². The molecule has 2 rings (SSSR count). The third-order valence-electron chi connectivity index (χ3n) is 3.38. The molecule has 0 amide bonds. The summed E-state index contributed by atoms with van der Waals surface area (Å²) in [6.07, 6.45) is 2.85. The number of carbonyl (C=O) groups is 1. The number of nitrogens with zero attached hydrogens (tertiary/aromatic N) is 1. The largest absolute Gasteiger partial charge is 0.493 e. The molecule has 0 heterocycles. The van der Waals surface area contributed by atoms with Gasteiger partial charge in [0.15, 0.2) is 11.5 Å². The topological polar surface area (TPSA) is 68.5 Å². The third kappa shape index (κ3) is 4.75. The number of halogens is 1. The molecule has 0 saturated heterocycles. The molecule has 5 nitrogen and oxygen atoms in total. The minimum atomic E-state index is -0.529. The van der Waals surface area contributed by atoms with Gasteiger partial charge in [0.2, 0.25) is 0 Å². The van der Waals surface area contributed by atoms with Crippen LogP contribution in [0.25, 0.3) is 6.08 Å². The Morgan fingerprint density at radius 3 is 2.68 bits per heavy atom. The molecule has 0 fully saturated rings. The number of methoxy groups -OCH3 is 2. The minimum Gasteiger partial charge on any atom is -0.493 e. The van der Waals surface area contributed by atoms with Gasteiger partial charge in [-0.25, -0.2) is 4.79 Å². The summed E-state index contributed by atoms with van der Waals surface area (Å²) >= 11 is 6.12. The van der Waals surface area contributed by atoms with Gasteiger partial charge in [0.1, 0.15) is 6.61 Å². The van der Waals surface area contributed by atoms with Crippen LogP contribution in [0.1, 0.15) is 16.7 Å². The molecule has 0 aliphatic rings. The van der Waals surface area contributed by atoms with Gasteiger partial charge in [-0.15, -0.1) is 0 Å². The number of ether oxygens (including phenoxy) is 3. The van der Waals surface area contributed by atoms with Gasteiger partial charge in [-0.2, -0.15) is 5.26 Å². The molecular formula is C19H16ClNO4. The Labute approximate surface area is 151 Å². The van der Waals surface area contributed by atoms with Gasteiger partial charge < -0.3 is 14.2 Å². The molecule has 0 spiro atoms. The molecule has 2 aromatic rings. The molecule has 0 N–H and O–H groups in total. The lowest BCUT2D eigenvalue weighted by molar-refractivity contribution is -0.138. The van der Waals surface area contributed by atoms with Crippen molar-refractivity contribution in [2.24, 2.45) is 0 Å².